The topological polar surface area (TPSA) is 92.3 Å². The summed E-state index contributed by atoms with van der Waals surface area (Å²) in [5.74, 6) is -0.503. The number of methoxy groups -OCH3 is 1. The Bertz CT molecular complexity index is 1160. The summed E-state index contributed by atoms with van der Waals surface area (Å²) in [6, 6.07) is 14.9. The molecule has 0 saturated heterocycles. The van der Waals surface area contributed by atoms with Crippen molar-refractivity contribution in [2.24, 2.45) is 0 Å². The molecule has 2 aromatic carbocycles. The number of carbonyl (C=O) groups is 1. The lowest BCUT2D eigenvalue weighted by Crippen LogP contribution is -2.11. The molecule has 4 aromatic rings. The summed E-state index contributed by atoms with van der Waals surface area (Å²) >= 11 is 0. The molecule has 0 saturated carbocycles. The van der Waals surface area contributed by atoms with E-state index in [-0.39, 0.29) is 29.0 Å². The third-order valence-electron chi connectivity index (χ3n) is 4.28. The van der Waals surface area contributed by atoms with E-state index in [2.05, 4.69) is 15.3 Å². The predicted molar refractivity (Wildman–Crippen MR) is 104 cm³/mol. The van der Waals surface area contributed by atoms with Gasteiger partial charge in [0.15, 0.2) is 11.9 Å². The van der Waals surface area contributed by atoms with Crippen LogP contribution in [-0.4, -0.2) is 33.1 Å². The maximum absolute atomic E-state index is 13.1. The fourth-order valence-electron chi connectivity index (χ4n) is 2.74. The molecule has 2 heterocycles. The summed E-state index contributed by atoms with van der Waals surface area (Å²) in [7, 11) is 1.44. The molecule has 0 unspecified atom stereocenters. The zero-order valence-electron chi connectivity index (χ0n) is 16.2. The van der Waals surface area contributed by atoms with E-state index in [1.165, 1.54) is 36.1 Å². The van der Waals surface area contributed by atoms with Gasteiger partial charge in [0.25, 0.3) is 5.89 Å². The van der Waals surface area contributed by atoms with Crippen LogP contribution in [0.4, 0.5) is 4.39 Å². The number of nitrogens with zero attached hydrogens (tertiary/aromatic N) is 4. The molecular formula is C21H17FN4O4. The molecule has 2 aromatic heterocycles. The minimum absolute atomic E-state index is 0.0199. The number of aromatic nitrogens is 4. The van der Waals surface area contributed by atoms with Crippen molar-refractivity contribution in [2.45, 2.75) is 13.0 Å². The molecule has 0 amide bonds. The van der Waals surface area contributed by atoms with Gasteiger partial charge in [0, 0.05) is 5.56 Å². The number of rotatable bonds is 6. The fourth-order valence-corrected chi connectivity index (χ4v) is 2.74. The van der Waals surface area contributed by atoms with Gasteiger partial charge in [0.1, 0.15) is 5.82 Å². The van der Waals surface area contributed by atoms with E-state index in [4.69, 9.17) is 13.9 Å². The molecule has 0 aliphatic rings. The van der Waals surface area contributed by atoms with Gasteiger partial charge in [-0.1, -0.05) is 18.2 Å². The second kappa shape index (κ2) is 8.16. The molecule has 0 aliphatic heterocycles. The smallest absolute Gasteiger partial charge is 0.363 e. The summed E-state index contributed by atoms with van der Waals surface area (Å²) in [5.41, 5.74) is 1.34. The average Bonchev–Trinajstić information content (AvgIpc) is 3.42. The van der Waals surface area contributed by atoms with Gasteiger partial charge in [0.2, 0.25) is 11.6 Å². The number of esters is 1. The molecule has 9 heteroatoms. The molecule has 1 atom stereocenters. The van der Waals surface area contributed by atoms with Crippen LogP contribution in [0.15, 0.2) is 65.2 Å². The first-order valence-electron chi connectivity index (χ1n) is 9.04. The van der Waals surface area contributed by atoms with Gasteiger partial charge in [-0.2, -0.15) is 5.10 Å². The van der Waals surface area contributed by atoms with Gasteiger partial charge in [-0.05, 0) is 43.3 Å². The minimum Gasteiger partial charge on any atom is -0.493 e. The van der Waals surface area contributed by atoms with Gasteiger partial charge in [-0.15, -0.1) is 10.2 Å². The first kappa shape index (κ1) is 19.3. The van der Waals surface area contributed by atoms with Crippen LogP contribution in [0.3, 0.4) is 0 Å². The van der Waals surface area contributed by atoms with Crippen LogP contribution in [0.5, 0.6) is 5.75 Å². The summed E-state index contributed by atoms with van der Waals surface area (Å²) < 4.78 is 30.9. The number of hydrogen-bond acceptors (Lipinski definition) is 7. The Kier molecular flexibility index (Phi) is 5.25. The van der Waals surface area contributed by atoms with Crippen LogP contribution in [0.25, 0.3) is 17.1 Å². The third-order valence-corrected chi connectivity index (χ3v) is 4.28. The standard InChI is InChI=1S/C21H17FN4O4/c1-13(19-23-24-20(30-19)14-8-10-15(22)11-9-14)29-21(27)18-17(28-2)12-26(25-18)16-6-4-3-5-7-16/h3-13H,1-2H3/t13-/m0/s1. The first-order valence-corrected chi connectivity index (χ1v) is 9.04. The van der Waals surface area contributed by atoms with Crippen LogP contribution >= 0.6 is 0 Å². The number of ether oxygens (including phenoxy) is 2. The van der Waals surface area contributed by atoms with Crippen molar-refractivity contribution >= 4 is 5.97 Å². The molecule has 0 bridgehead atoms. The second-order valence-electron chi connectivity index (χ2n) is 6.33. The Labute approximate surface area is 170 Å². The third kappa shape index (κ3) is 3.90. The summed E-state index contributed by atoms with van der Waals surface area (Å²) in [5, 5.41) is 12.1. The number of hydrogen-bond donors (Lipinski definition) is 0. The van der Waals surface area contributed by atoms with Crippen LogP contribution in [0, 0.1) is 5.82 Å². The SMILES string of the molecule is COc1cn(-c2ccccc2)nc1C(=O)O[C@@H](C)c1nnc(-c2ccc(F)cc2)o1. The molecule has 0 fully saturated rings. The largest absolute Gasteiger partial charge is 0.493 e. The number of halogens is 1. The molecule has 4 rings (SSSR count). The molecule has 0 N–H and O–H groups in total. The van der Waals surface area contributed by atoms with Crippen molar-refractivity contribution in [3.8, 4) is 22.9 Å². The predicted octanol–water partition coefficient (Wildman–Crippen LogP) is 3.99. The highest BCUT2D eigenvalue weighted by molar-refractivity contribution is 5.90. The molecule has 0 aliphatic carbocycles. The normalized spacial score (nSPS) is 11.8. The monoisotopic (exact) mass is 408 g/mol. The Hall–Kier alpha value is -4.01. The summed E-state index contributed by atoms with van der Waals surface area (Å²) in [6.45, 7) is 1.60. The average molecular weight is 408 g/mol. The van der Waals surface area contributed by atoms with Crippen molar-refractivity contribution in [3.63, 3.8) is 0 Å². The molecule has 0 radical (unpaired) electrons. The van der Waals surface area contributed by atoms with Gasteiger partial charge < -0.3 is 13.9 Å². The number of para-hydroxylation sites is 1. The van der Waals surface area contributed by atoms with E-state index in [0.717, 1.165) is 5.69 Å². The highest BCUT2D eigenvalue weighted by atomic mass is 19.1. The van der Waals surface area contributed by atoms with E-state index in [1.807, 2.05) is 30.3 Å². The van der Waals surface area contributed by atoms with E-state index >= 15 is 0 Å². The van der Waals surface area contributed by atoms with Crippen molar-refractivity contribution in [2.75, 3.05) is 7.11 Å². The van der Waals surface area contributed by atoms with Crippen molar-refractivity contribution in [1.29, 1.82) is 0 Å². The summed E-state index contributed by atoms with van der Waals surface area (Å²) in [6.07, 6.45) is 0.765. The van der Waals surface area contributed by atoms with Crippen molar-refractivity contribution < 1.29 is 23.1 Å². The second-order valence-corrected chi connectivity index (χ2v) is 6.33. The fraction of sp³-hybridized carbons (Fsp3) is 0.143. The number of carbonyl (C=O) groups excluding carboxylic acids is 1. The minimum atomic E-state index is -0.828. The van der Waals surface area contributed by atoms with E-state index in [1.54, 1.807) is 13.1 Å². The molecule has 0 spiro atoms. The zero-order valence-corrected chi connectivity index (χ0v) is 16.2. The van der Waals surface area contributed by atoms with Crippen LogP contribution in [-0.2, 0) is 4.74 Å². The van der Waals surface area contributed by atoms with Crippen molar-refractivity contribution in [1.82, 2.24) is 20.0 Å². The maximum Gasteiger partial charge on any atom is 0.363 e. The lowest BCUT2D eigenvalue weighted by atomic mass is 10.2. The van der Waals surface area contributed by atoms with Crippen LogP contribution in [0.1, 0.15) is 29.4 Å². The van der Waals surface area contributed by atoms with E-state index in [9.17, 15) is 9.18 Å². The lowest BCUT2D eigenvalue weighted by Gasteiger charge is -2.08. The first-order chi connectivity index (χ1) is 14.5. The van der Waals surface area contributed by atoms with Gasteiger partial charge in [-0.3, -0.25) is 0 Å². The molecule has 8 nitrogen and oxygen atoms in total. The van der Waals surface area contributed by atoms with Crippen LogP contribution in [0.2, 0.25) is 0 Å². The quantitative estimate of drug-likeness (QED) is 0.446. The Morgan fingerprint density at radius 2 is 1.83 bits per heavy atom. The van der Waals surface area contributed by atoms with E-state index < -0.39 is 12.1 Å². The zero-order chi connectivity index (χ0) is 21.1. The summed E-state index contributed by atoms with van der Waals surface area (Å²) in [4.78, 5) is 12.7. The highest BCUT2D eigenvalue weighted by Crippen LogP contribution is 2.25. The Balaban J connectivity index is 1.51. The Morgan fingerprint density at radius 3 is 2.53 bits per heavy atom. The molecular weight excluding hydrogens is 391 g/mol. The van der Waals surface area contributed by atoms with E-state index in [0.29, 0.717) is 5.56 Å². The van der Waals surface area contributed by atoms with Gasteiger partial charge in [-0.25, -0.2) is 13.9 Å². The molecule has 152 valence electrons. The lowest BCUT2D eigenvalue weighted by molar-refractivity contribution is 0.0269. The van der Waals surface area contributed by atoms with Gasteiger partial charge in [0.05, 0.1) is 19.0 Å². The Morgan fingerprint density at radius 1 is 1.10 bits per heavy atom. The van der Waals surface area contributed by atoms with Gasteiger partial charge >= 0.3 is 5.97 Å². The van der Waals surface area contributed by atoms with Crippen molar-refractivity contribution in [3.05, 3.63) is 78.2 Å². The number of benzene rings is 2. The maximum atomic E-state index is 13.1. The molecule has 30 heavy (non-hydrogen) atoms. The highest BCUT2D eigenvalue weighted by Gasteiger charge is 2.25. The van der Waals surface area contributed by atoms with Crippen LogP contribution < -0.4 is 4.74 Å².